The van der Waals surface area contributed by atoms with E-state index < -0.39 is 11.1 Å². The van der Waals surface area contributed by atoms with Gasteiger partial charge in [0, 0.05) is 5.75 Å². The molecule has 0 N–H and O–H groups in total. The van der Waals surface area contributed by atoms with Gasteiger partial charge in [0.05, 0.1) is 0 Å². The van der Waals surface area contributed by atoms with Crippen molar-refractivity contribution < 1.29 is 8.76 Å². The molecule has 0 aromatic heterocycles. The first-order valence-corrected chi connectivity index (χ1v) is 4.78. The molecule has 0 aromatic rings. The molecule has 0 saturated heterocycles. The van der Waals surface area contributed by atoms with Crippen LogP contribution in [0.4, 0.5) is 0 Å². The normalized spacial score (nSPS) is 15.2. The van der Waals surface area contributed by atoms with E-state index in [1.54, 1.807) is 0 Å². The molecule has 1 atom stereocenters. The van der Waals surface area contributed by atoms with Gasteiger partial charge in [0.15, 0.2) is 0 Å². The molecule has 2 nitrogen and oxygen atoms in total. The van der Waals surface area contributed by atoms with E-state index in [1.165, 1.54) is 0 Å². The van der Waals surface area contributed by atoms with Crippen molar-refractivity contribution in [3.8, 4) is 0 Å². The van der Waals surface area contributed by atoms with Crippen molar-refractivity contribution in [2.24, 2.45) is 5.41 Å². The van der Waals surface area contributed by atoms with Crippen molar-refractivity contribution in [1.29, 1.82) is 0 Å². The molecule has 10 heavy (non-hydrogen) atoms. The second-order valence-corrected chi connectivity index (χ2v) is 4.29. The highest BCUT2D eigenvalue weighted by Crippen LogP contribution is 2.23. The van der Waals surface area contributed by atoms with Crippen molar-refractivity contribution in [2.45, 2.75) is 33.6 Å². The summed E-state index contributed by atoms with van der Waals surface area (Å²) in [4.78, 5) is 0. The van der Waals surface area contributed by atoms with Crippen LogP contribution in [0.2, 0.25) is 0 Å². The fourth-order valence-corrected chi connectivity index (χ4v) is 1.26. The van der Waals surface area contributed by atoms with E-state index in [2.05, 4.69) is 20.8 Å². The lowest BCUT2D eigenvalue weighted by Crippen LogP contribution is -2.13. The zero-order valence-corrected chi connectivity index (χ0v) is 7.66. The van der Waals surface area contributed by atoms with Crippen LogP contribution in [0.3, 0.4) is 0 Å². The van der Waals surface area contributed by atoms with Gasteiger partial charge in [0.2, 0.25) is 0 Å². The third-order valence-corrected chi connectivity index (χ3v) is 2.44. The minimum atomic E-state index is -1.86. The summed E-state index contributed by atoms with van der Waals surface area (Å²) in [5.41, 5.74) is 0.181. The molecule has 0 amide bonds. The van der Waals surface area contributed by atoms with Crippen LogP contribution >= 0.6 is 0 Å². The molecule has 3 heteroatoms. The molecular formula is C7H15O2S-. The van der Waals surface area contributed by atoms with Crippen molar-refractivity contribution in [2.75, 3.05) is 5.75 Å². The summed E-state index contributed by atoms with van der Waals surface area (Å²) in [6, 6.07) is 0. The third-order valence-electron chi connectivity index (χ3n) is 1.90. The van der Waals surface area contributed by atoms with Crippen LogP contribution in [0.5, 0.6) is 0 Å². The number of rotatable bonds is 4. The minimum Gasteiger partial charge on any atom is -0.772 e. The highest BCUT2D eigenvalue weighted by atomic mass is 32.2. The van der Waals surface area contributed by atoms with Crippen LogP contribution < -0.4 is 0 Å². The molecular weight excluding hydrogens is 148 g/mol. The standard InChI is InChI=1S/C7H16O2S/c1-4-7(2,3)5-6-10(8)9/h4-6H2,1-3H3,(H,8,9)/p-1. The van der Waals surface area contributed by atoms with Gasteiger partial charge in [-0.3, -0.25) is 4.21 Å². The van der Waals surface area contributed by atoms with Gasteiger partial charge in [-0.25, -0.2) is 0 Å². The van der Waals surface area contributed by atoms with Gasteiger partial charge in [-0.15, -0.1) is 0 Å². The first-order valence-electron chi connectivity index (χ1n) is 3.54. The van der Waals surface area contributed by atoms with Gasteiger partial charge in [-0.2, -0.15) is 0 Å². The maximum atomic E-state index is 10.2. The SMILES string of the molecule is CCC(C)(C)CCS(=O)[O-]. The Hall–Kier alpha value is 0.110. The van der Waals surface area contributed by atoms with E-state index in [-0.39, 0.29) is 5.41 Å². The van der Waals surface area contributed by atoms with Crippen molar-refractivity contribution >= 4 is 11.1 Å². The Morgan fingerprint density at radius 3 is 2.30 bits per heavy atom. The van der Waals surface area contributed by atoms with Gasteiger partial charge in [0.1, 0.15) is 0 Å². The van der Waals surface area contributed by atoms with E-state index >= 15 is 0 Å². The molecule has 0 aromatic carbocycles. The quantitative estimate of drug-likeness (QED) is 0.592. The Morgan fingerprint density at radius 2 is 2.00 bits per heavy atom. The largest absolute Gasteiger partial charge is 0.772 e. The maximum Gasteiger partial charge on any atom is 0.0107 e. The van der Waals surface area contributed by atoms with E-state index in [4.69, 9.17) is 0 Å². The second kappa shape index (κ2) is 4.09. The van der Waals surface area contributed by atoms with Gasteiger partial charge in [0.25, 0.3) is 0 Å². The fraction of sp³-hybridized carbons (Fsp3) is 1.00. The summed E-state index contributed by atoms with van der Waals surface area (Å²) in [5, 5.41) is 0. The van der Waals surface area contributed by atoms with Gasteiger partial charge >= 0.3 is 0 Å². The Balaban J connectivity index is 3.56. The molecule has 0 fully saturated rings. The second-order valence-electron chi connectivity index (χ2n) is 3.28. The lowest BCUT2D eigenvalue weighted by molar-refractivity contribution is 0.337. The first kappa shape index (κ1) is 10.1. The Bertz CT molecular complexity index is 121. The third kappa shape index (κ3) is 4.94. The zero-order valence-electron chi connectivity index (χ0n) is 6.85. The molecule has 0 saturated carbocycles. The lowest BCUT2D eigenvalue weighted by Gasteiger charge is -2.22. The molecule has 0 aliphatic heterocycles. The molecule has 62 valence electrons. The smallest absolute Gasteiger partial charge is 0.0107 e. The predicted octanol–water partition coefficient (Wildman–Crippen LogP) is 1.69. The van der Waals surface area contributed by atoms with Gasteiger partial charge in [-0.1, -0.05) is 38.3 Å². The maximum absolute atomic E-state index is 10.2. The summed E-state index contributed by atoms with van der Waals surface area (Å²) in [5.74, 6) is 0.292. The van der Waals surface area contributed by atoms with Crippen molar-refractivity contribution in [3.05, 3.63) is 0 Å². The van der Waals surface area contributed by atoms with Crippen LogP contribution in [0.25, 0.3) is 0 Å². The fourth-order valence-electron chi connectivity index (χ4n) is 0.536. The van der Waals surface area contributed by atoms with Gasteiger partial charge in [-0.05, 0) is 11.8 Å². The summed E-state index contributed by atoms with van der Waals surface area (Å²) >= 11 is -1.86. The topological polar surface area (TPSA) is 40.1 Å². The molecule has 0 spiro atoms. The van der Waals surface area contributed by atoms with E-state index in [9.17, 15) is 8.76 Å². The molecule has 0 radical (unpaired) electrons. The highest BCUT2D eigenvalue weighted by molar-refractivity contribution is 7.79. The Labute approximate surface area is 65.3 Å². The van der Waals surface area contributed by atoms with Gasteiger partial charge < -0.3 is 4.55 Å². The molecule has 0 aliphatic carbocycles. The van der Waals surface area contributed by atoms with Crippen LogP contribution in [-0.2, 0) is 11.1 Å². The average molecular weight is 163 g/mol. The number of hydrogen-bond donors (Lipinski definition) is 0. The average Bonchev–Trinajstić information content (AvgIpc) is 1.85. The monoisotopic (exact) mass is 163 g/mol. The summed E-state index contributed by atoms with van der Waals surface area (Å²) in [6.45, 7) is 6.24. The Kier molecular flexibility index (Phi) is 4.13. The summed E-state index contributed by atoms with van der Waals surface area (Å²) < 4.78 is 20.3. The molecule has 0 bridgehead atoms. The minimum absolute atomic E-state index is 0.181. The van der Waals surface area contributed by atoms with Crippen molar-refractivity contribution in [3.63, 3.8) is 0 Å². The Morgan fingerprint density at radius 1 is 1.50 bits per heavy atom. The van der Waals surface area contributed by atoms with E-state index in [1.807, 2.05) is 0 Å². The van der Waals surface area contributed by atoms with E-state index in [0.717, 1.165) is 12.8 Å². The van der Waals surface area contributed by atoms with Crippen LogP contribution in [0.1, 0.15) is 33.6 Å². The van der Waals surface area contributed by atoms with Crippen LogP contribution in [0, 0.1) is 5.41 Å². The molecule has 0 rings (SSSR count). The highest BCUT2D eigenvalue weighted by Gasteiger charge is 2.13. The predicted molar refractivity (Wildman–Crippen MR) is 42.5 cm³/mol. The molecule has 0 heterocycles. The lowest BCUT2D eigenvalue weighted by atomic mass is 9.87. The summed E-state index contributed by atoms with van der Waals surface area (Å²) in [7, 11) is 0. The first-order chi connectivity index (χ1) is 4.48. The number of hydrogen-bond acceptors (Lipinski definition) is 2. The molecule has 1 unspecified atom stereocenters. The summed E-state index contributed by atoms with van der Waals surface area (Å²) in [6.07, 6.45) is 1.80. The van der Waals surface area contributed by atoms with Crippen molar-refractivity contribution in [1.82, 2.24) is 0 Å². The molecule has 0 aliphatic rings. The van der Waals surface area contributed by atoms with Crippen LogP contribution in [0.15, 0.2) is 0 Å². The van der Waals surface area contributed by atoms with E-state index in [0.29, 0.717) is 5.75 Å². The zero-order chi connectivity index (χ0) is 8.20. The van der Waals surface area contributed by atoms with Crippen LogP contribution in [-0.4, -0.2) is 14.5 Å².